The Bertz CT molecular complexity index is 4620. The second-order valence-corrected chi connectivity index (χ2v) is 41.3. The normalized spacial score (nSPS) is 14.8. The van der Waals surface area contributed by atoms with Crippen molar-refractivity contribution in [3.63, 3.8) is 0 Å². The van der Waals surface area contributed by atoms with Crippen LogP contribution in [0.3, 0.4) is 0 Å². The second-order valence-electron chi connectivity index (χ2n) is 41.3. The maximum atomic E-state index is 15.2. The highest BCUT2D eigenvalue weighted by molar-refractivity contribution is 6.01. The number of ether oxygens (including phenoxy) is 5. The van der Waals surface area contributed by atoms with Gasteiger partial charge in [0.15, 0.2) is 0 Å². The number of carboxylic acid groups (broad SMARTS) is 1. The smallest absolute Gasteiger partial charge is 0.407 e. The van der Waals surface area contributed by atoms with Gasteiger partial charge in [0.2, 0.25) is 70.9 Å². The van der Waals surface area contributed by atoms with Gasteiger partial charge in [0.25, 0.3) is 0 Å². The molecule has 4 aromatic carbocycles. The van der Waals surface area contributed by atoms with Gasteiger partial charge in [-0.1, -0.05) is 158 Å². The second kappa shape index (κ2) is 55.0. The summed E-state index contributed by atoms with van der Waals surface area (Å²) in [7, 11) is 0. The number of carbonyl (C=O) groups is 16. The lowest BCUT2D eigenvalue weighted by molar-refractivity contribution is -0.157. The van der Waals surface area contributed by atoms with Gasteiger partial charge in [-0.2, -0.15) is 0 Å². The van der Waals surface area contributed by atoms with Crippen molar-refractivity contribution in [1.82, 2.24) is 69.1 Å². The third-order valence-electron chi connectivity index (χ3n) is 22.0. The Morgan fingerprint density at radius 1 is 0.396 bits per heavy atom. The highest BCUT2D eigenvalue weighted by atomic mass is 16.6. The van der Waals surface area contributed by atoms with Crippen molar-refractivity contribution < 1.29 is 106 Å². The van der Waals surface area contributed by atoms with Crippen LogP contribution in [0, 0.1) is 17.8 Å². The first-order chi connectivity index (χ1) is 64.6. The molecule has 0 aliphatic heterocycles. The molecule has 13 amide bonds. The summed E-state index contributed by atoms with van der Waals surface area (Å²) in [4.78, 5) is 230. The highest BCUT2D eigenvalue weighted by Crippen LogP contribution is 2.37. The number of carboxylic acids is 1. The summed E-state index contributed by atoms with van der Waals surface area (Å²) >= 11 is 0. The van der Waals surface area contributed by atoms with E-state index >= 15 is 14.4 Å². The molecule has 0 radical (unpaired) electrons. The summed E-state index contributed by atoms with van der Waals surface area (Å²) in [5.74, 6) is -15.5. The lowest BCUT2D eigenvalue weighted by Crippen LogP contribution is -2.64. The topological polar surface area (TPSA) is 548 Å². The molecule has 139 heavy (non-hydrogen) atoms. The Morgan fingerprint density at radius 3 is 1.30 bits per heavy atom. The maximum Gasteiger partial charge on any atom is 0.407 e. The molecule has 0 spiro atoms. The highest BCUT2D eigenvalue weighted by Gasteiger charge is 2.44. The van der Waals surface area contributed by atoms with Crippen molar-refractivity contribution in [3.05, 3.63) is 138 Å². The first kappa shape index (κ1) is 119. The van der Waals surface area contributed by atoms with E-state index in [0.29, 0.717) is 40.8 Å². The van der Waals surface area contributed by atoms with E-state index in [1.165, 1.54) is 20.8 Å². The van der Waals surface area contributed by atoms with Gasteiger partial charge in [-0.15, -0.1) is 0 Å². The maximum absolute atomic E-state index is 15.2. The molecule has 4 rings (SSSR count). The van der Waals surface area contributed by atoms with Crippen LogP contribution in [0.25, 0.3) is 0 Å². The van der Waals surface area contributed by atoms with Gasteiger partial charge in [0.05, 0.1) is 31.1 Å². The Hall–Kier alpha value is -12.1. The van der Waals surface area contributed by atoms with Crippen molar-refractivity contribution in [2.75, 3.05) is 19.7 Å². The first-order valence-electron chi connectivity index (χ1n) is 47.9. The van der Waals surface area contributed by atoms with Crippen LogP contribution in [-0.2, 0) is 103 Å². The zero-order valence-corrected chi connectivity index (χ0v) is 85.7. The van der Waals surface area contributed by atoms with Crippen LogP contribution < -0.4 is 85.3 Å². The Balaban J connectivity index is 1.71. The van der Waals surface area contributed by atoms with Crippen molar-refractivity contribution in [3.8, 4) is 5.75 Å². The third kappa shape index (κ3) is 43.0. The van der Waals surface area contributed by atoms with Crippen LogP contribution in [0.15, 0.2) is 115 Å². The number of benzene rings is 4. The van der Waals surface area contributed by atoms with Crippen LogP contribution in [0.2, 0.25) is 0 Å². The molecule has 0 saturated heterocycles. The minimum Gasteiger partial charge on any atom is -0.488 e. The molecule has 0 fully saturated rings. The van der Waals surface area contributed by atoms with E-state index in [9.17, 15) is 67.4 Å². The molecule has 0 aliphatic rings. The van der Waals surface area contributed by atoms with Crippen LogP contribution in [0.1, 0.15) is 272 Å². The number of hydrogen-bond donors (Lipinski definition) is 16. The number of carbonyl (C=O) groups excluding carboxylic acids is 15. The van der Waals surface area contributed by atoms with E-state index in [2.05, 4.69) is 69.1 Å². The molecular weight excluding hydrogens is 1790 g/mol. The van der Waals surface area contributed by atoms with Gasteiger partial charge in [0.1, 0.15) is 99.6 Å². The fourth-order valence-corrected chi connectivity index (χ4v) is 14.4. The Kier molecular flexibility index (Phi) is 47.2. The zero-order valence-electron chi connectivity index (χ0n) is 85.7. The molecular formula is C102H157N15O22. The van der Waals surface area contributed by atoms with E-state index < -0.39 is 245 Å². The van der Waals surface area contributed by atoms with Gasteiger partial charge in [-0.3, -0.25) is 67.1 Å². The summed E-state index contributed by atoms with van der Waals surface area (Å²) in [5.41, 5.74) is 6.98. The van der Waals surface area contributed by atoms with Gasteiger partial charge in [-0.05, 0) is 235 Å². The fourth-order valence-electron chi connectivity index (χ4n) is 14.4. The molecule has 0 saturated carbocycles. The summed E-state index contributed by atoms with van der Waals surface area (Å²) in [6, 6.07) is 17.4. The predicted molar refractivity (Wildman–Crippen MR) is 526 cm³/mol. The molecule has 4 aromatic rings. The quantitative estimate of drug-likeness (QED) is 0.00870. The summed E-state index contributed by atoms with van der Waals surface area (Å²) < 4.78 is 28.6. The number of aliphatic carboxylic acids is 1. The van der Waals surface area contributed by atoms with Crippen molar-refractivity contribution in [2.45, 2.75) is 362 Å². The SMILES string of the molecule is CC[C@H](C)[C@H](NC(=O)[C@H](CCCCNC(=O)OC(C)(C)C)NC(=O)[C@H](CC(=O)OC(C)(C)C)NC(=O)[C@H](CC(C)C)NC(=O)C(C)(C)NC(=O)[C@@H](NC(=O)[C@H](COC(C)(C)C)NC(=O)[C@H](Cc1ccc(OC(C)(C)C)cc1)NC(=O)[C@@H](N)CC(=O)OC(C)(C)C)[C@@H](C)CC)C(=O)N[C@@H](C)C(=O)N[C@@H](CCC(=O)NC(c1ccccc1)(c1ccccc1)c1ccccc1)C(=O)N[C@@H](CCCCN)C(=O)O. The predicted octanol–water partition coefficient (Wildman–Crippen LogP) is 7.71. The zero-order chi connectivity index (χ0) is 105. The standard InChI is InChI=1S/C102H157N15O22/c1-25-62(5)81(91(129)106-64(7)83(121)107-72(85(123)109-73(93(131)132)47-36-38-54-103)52-53-78(118)116-102(66-40-30-27-31-41-66,67-42-32-28-33-43-67)68-44-34-29-35-45-68)114-86(124)71(46-37-39-55-105-95(134)139-100(20,21)22)108-89(127)76(59-80(120)138-99(17,18)19)111-87(125)74(56-61(3)4)113-94(133)101(23,24)117-92(130)82(63(6)26-2)115-90(128)77(60-135-96(8,9)10)112-88(126)75(57-65-48-50-69(51-49-65)136-97(11,12)13)110-84(122)70(104)58-79(119)137-98(14,15)16/h27-35,40-45,48-51,61-64,70-77,81-82H,25-26,36-39,46-47,52-60,103-104H2,1-24H3,(H,105,134)(H,106,129)(H,107,121)(H,108,127)(H,109,123)(H,110,122)(H,111,125)(H,112,126)(H,113,133)(H,114,124)(H,115,128)(H,116,118)(H,117,130)(H,131,132)/t62-,63-,64-,70-,71-,72-,73-,74-,75-,76-,77-,81-,82-/m0/s1. The van der Waals surface area contributed by atoms with Crippen LogP contribution in [0.5, 0.6) is 5.75 Å². The molecule has 772 valence electrons. The summed E-state index contributed by atoms with van der Waals surface area (Å²) in [6.45, 7) is 39.3. The molecule has 18 N–H and O–H groups in total. The van der Waals surface area contributed by atoms with Crippen LogP contribution in [-0.4, -0.2) is 220 Å². The van der Waals surface area contributed by atoms with Gasteiger partial charge < -0.3 is 109 Å². The third-order valence-corrected chi connectivity index (χ3v) is 22.0. The first-order valence-corrected chi connectivity index (χ1v) is 47.9. The van der Waals surface area contributed by atoms with Crippen LogP contribution in [0.4, 0.5) is 4.79 Å². The minimum absolute atomic E-state index is 0.0132. The number of nitrogens with one attached hydrogen (secondary N) is 13. The number of rotatable bonds is 54. The van der Waals surface area contributed by atoms with E-state index in [1.54, 1.807) is 149 Å². The van der Waals surface area contributed by atoms with E-state index in [1.807, 2.05) is 112 Å². The number of hydrogen-bond acceptors (Lipinski definition) is 23. The van der Waals surface area contributed by atoms with Crippen molar-refractivity contribution in [1.29, 1.82) is 0 Å². The Morgan fingerprint density at radius 2 is 0.820 bits per heavy atom. The lowest BCUT2D eigenvalue weighted by atomic mass is 9.77. The Labute approximate surface area is 819 Å². The molecule has 37 nitrogen and oxygen atoms in total. The van der Waals surface area contributed by atoms with Gasteiger partial charge in [0, 0.05) is 19.4 Å². The summed E-state index contributed by atoms with van der Waals surface area (Å²) in [6.07, 6.45) is -2.01. The lowest BCUT2D eigenvalue weighted by Gasteiger charge is -2.37. The molecule has 13 atom stereocenters. The number of unbranched alkanes of at least 4 members (excludes halogenated alkanes) is 2. The molecule has 0 heterocycles. The fraction of sp³-hybridized carbons (Fsp3) is 0.608. The van der Waals surface area contributed by atoms with Crippen LogP contribution >= 0.6 is 0 Å². The van der Waals surface area contributed by atoms with E-state index in [4.69, 9.17) is 35.2 Å². The number of esters is 2. The van der Waals surface area contributed by atoms with E-state index in [0.717, 1.165) is 0 Å². The average molecular weight is 1950 g/mol. The molecule has 0 bridgehead atoms. The molecule has 0 aromatic heterocycles. The molecule has 0 aliphatic carbocycles. The van der Waals surface area contributed by atoms with Gasteiger partial charge >= 0.3 is 24.0 Å². The number of amides is 13. The largest absolute Gasteiger partial charge is 0.488 e. The van der Waals surface area contributed by atoms with Gasteiger partial charge in [-0.25, -0.2) is 9.59 Å². The number of nitrogens with two attached hydrogens (primary N) is 2. The van der Waals surface area contributed by atoms with Crippen molar-refractivity contribution in [2.24, 2.45) is 29.2 Å². The average Bonchev–Trinajstić information content (AvgIpc) is 0.751. The number of alkyl carbamates (subject to hydrolysis) is 1. The van der Waals surface area contributed by atoms with Crippen molar-refractivity contribution >= 4 is 94.9 Å². The van der Waals surface area contributed by atoms with E-state index in [-0.39, 0.29) is 70.4 Å². The molecule has 0 unspecified atom stereocenters. The monoisotopic (exact) mass is 1940 g/mol. The minimum atomic E-state index is -1.93. The molecule has 37 heteroatoms. The summed E-state index contributed by atoms with van der Waals surface area (Å²) in [5, 5.41) is 45.4.